The molecule has 41 heavy (non-hydrogen) atoms. The highest BCUT2D eigenvalue weighted by Gasteiger charge is 2.22. The zero-order valence-electron chi connectivity index (χ0n) is 22.3. The predicted octanol–water partition coefficient (Wildman–Crippen LogP) is 10.3. The molecule has 0 spiro atoms. The molecule has 0 amide bonds. The summed E-state index contributed by atoms with van der Waals surface area (Å²) in [6.45, 7) is 0. The Kier molecular flexibility index (Phi) is 4.64. The maximum absolute atomic E-state index is 4.81. The number of nitrogens with zero attached hydrogens (tertiary/aromatic N) is 2. The van der Waals surface area contributed by atoms with Crippen LogP contribution in [0.1, 0.15) is 0 Å². The molecule has 1 aliphatic rings. The van der Waals surface area contributed by atoms with Crippen molar-refractivity contribution in [3.63, 3.8) is 0 Å². The van der Waals surface area contributed by atoms with E-state index in [4.69, 9.17) is 4.98 Å². The van der Waals surface area contributed by atoms with Crippen molar-refractivity contribution in [2.45, 2.75) is 0 Å². The summed E-state index contributed by atoms with van der Waals surface area (Å²) in [6, 6.07) is 50.5. The van der Waals surface area contributed by atoms with E-state index in [1.165, 1.54) is 55.3 Å². The molecule has 0 saturated carbocycles. The molecule has 0 radical (unpaired) electrons. The van der Waals surface area contributed by atoms with Gasteiger partial charge >= 0.3 is 0 Å². The van der Waals surface area contributed by atoms with Gasteiger partial charge < -0.3 is 4.57 Å². The molecule has 2 nitrogen and oxygen atoms in total. The summed E-state index contributed by atoms with van der Waals surface area (Å²) in [7, 11) is 0. The Bertz CT molecular complexity index is 2280. The van der Waals surface area contributed by atoms with Crippen molar-refractivity contribution in [2.24, 2.45) is 0 Å². The highest BCUT2D eigenvalue weighted by molar-refractivity contribution is 6.18. The minimum absolute atomic E-state index is 1.02. The van der Waals surface area contributed by atoms with Crippen LogP contribution in [0.25, 0.3) is 82.9 Å². The second kappa shape index (κ2) is 8.51. The van der Waals surface area contributed by atoms with Gasteiger partial charge in [-0.25, -0.2) is 0 Å². The van der Waals surface area contributed by atoms with Crippen LogP contribution in [0.2, 0.25) is 0 Å². The van der Waals surface area contributed by atoms with E-state index in [9.17, 15) is 0 Å². The number of para-hydroxylation sites is 1. The quantitative estimate of drug-likeness (QED) is 0.227. The Labute approximate surface area is 237 Å². The third-order valence-electron chi connectivity index (χ3n) is 8.59. The highest BCUT2D eigenvalue weighted by Crippen LogP contribution is 2.49. The maximum atomic E-state index is 4.81. The van der Waals surface area contributed by atoms with Crippen molar-refractivity contribution in [2.75, 3.05) is 0 Å². The van der Waals surface area contributed by atoms with Gasteiger partial charge in [-0.3, -0.25) is 4.98 Å². The maximum Gasteiger partial charge on any atom is 0.0963 e. The molecule has 2 aromatic heterocycles. The van der Waals surface area contributed by atoms with Crippen LogP contribution in [0.5, 0.6) is 0 Å². The molecule has 0 unspecified atom stereocenters. The lowest BCUT2D eigenvalue weighted by molar-refractivity contribution is 1.18. The smallest absolute Gasteiger partial charge is 0.0963 e. The highest BCUT2D eigenvalue weighted by atomic mass is 15.0. The molecule has 2 heterocycles. The van der Waals surface area contributed by atoms with Gasteiger partial charge in [-0.15, -0.1) is 0 Å². The molecule has 0 N–H and O–H groups in total. The summed E-state index contributed by atoms with van der Waals surface area (Å²) >= 11 is 0. The van der Waals surface area contributed by atoms with E-state index >= 15 is 0 Å². The van der Waals surface area contributed by atoms with Gasteiger partial charge in [0.05, 0.1) is 16.6 Å². The average Bonchev–Trinajstić information content (AvgIpc) is 3.55. The topological polar surface area (TPSA) is 17.8 Å². The summed E-state index contributed by atoms with van der Waals surface area (Å²) in [5.74, 6) is 0. The van der Waals surface area contributed by atoms with E-state index in [-0.39, 0.29) is 0 Å². The summed E-state index contributed by atoms with van der Waals surface area (Å²) in [4.78, 5) is 4.81. The standard InChI is InChI=1S/C39H24N2/c1-2-11-28(12-3-1)41-36-21-18-26(24-35(36)39-37(41)17-8-22-40-39)25-9-6-10-27(23-25)29-19-20-34-31-14-5-4-13-30(31)33-16-7-15-32(29)38(33)34/h1-24H. The van der Waals surface area contributed by atoms with Crippen molar-refractivity contribution in [3.8, 4) is 50.2 Å². The lowest BCUT2D eigenvalue weighted by Crippen LogP contribution is -1.93. The van der Waals surface area contributed by atoms with Gasteiger partial charge in [-0.1, -0.05) is 97.1 Å². The number of pyridine rings is 1. The fourth-order valence-electron chi connectivity index (χ4n) is 6.80. The molecule has 0 bridgehead atoms. The number of fused-ring (bicyclic) bond motifs is 6. The van der Waals surface area contributed by atoms with Crippen molar-refractivity contribution in [1.29, 1.82) is 0 Å². The summed E-state index contributed by atoms with van der Waals surface area (Å²) in [5, 5.41) is 3.83. The summed E-state index contributed by atoms with van der Waals surface area (Å²) in [6.07, 6.45) is 1.89. The van der Waals surface area contributed by atoms with E-state index in [1.54, 1.807) is 0 Å². The van der Waals surface area contributed by atoms with Crippen LogP contribution in [-0.4, -0.2) is 9.55 Å². The number of hydrogen-bond acceptors (Lipinski definition) is 1. The van der Waals surface area contributed by atoms with Crippen LogP contribution in [0.3, 0.4) is 0 Å². The van der Waals surface area contributed by atoms with Gasteiger partial charge in [0.1, 0.15) is 0 Å². The molecule has 8 aromatic rings. The molecule has 6 aromatic carbocycles. The molecule has 0 saturated heterocycles. The monoisotopic (exact) mass is 520 g/mol. The molecular weight excluding hydrogens is 496 g/mol. The Morgan fingerprint density at radius 1 is 0.415 bits per heavy atom. The number of rotatable bonds is 3. The second-order valence-corrected chi connectivity index (χ2v) is 10.8. The van der Waals surface area contributed by atoms with Crippen LogP contribution in [-0.2, 0) is 0 Å². The first-order valence-electron chi connectivity index (χ1n) is 14.1. The van der Waals surface area contributed by atoms with E-state index < -0.39 is 0 Å². The number of benzene rings is 6. The van der Waals surface area contributed by atoms with Crippen molar-refractivity contribution in [1.82, 2.24) is 9.55 Å². The third kappa shape index (κ3) is 3.22. The molecule has 0 aliphatic heterocycles. The Morgan fingerprint density at radius 3 is 2.00 bits per heavy atom. The number of aromatic nitrogens is 2. The lowest BCUT2D eigenvalue weighted by atomic mass is 9.92. The Morgan fingerprint density at radius 2 is 1.12 bits per heavy atom. The molecule has 0 fully saturated rings. The van der Waals surface area contributed by atoms with Gasteiger partial charge in [-0.05, 0) is 97.7 Å². The van der Waals surface area contributed by atoms with Crippen molar-refractivity contribution >= 4 is 32.7 Å². The third-order valence-corrected chi connectivity index (χ3v) is 8.59. The minimum Gasteiger partial charge on any atom is -0.308 e. The van der Waals surface area contributed by atoms with Gasteiger partial charge in [0.15, 0.2) is 0 Å². The van der Waals surface area contributed by atoms with Gasteiger partial charge in [0.25, 0.3) is 0 Å². The van der Waals surface area contributed by atoms with Crippen LogP contribution >= 0.6 is 0 Å². The van der Waals surface area contributed by atoms with Crippen molar-refractivity contribution < 1.29 is 0 Å². The molecule has 9 rings (SSSR count). The van der Waals surface area contributed by atoms with E-state index in [2.05, 4.69) is 138 Å². The average molecular weight is 521 g/mol. The van der Waals surface area contributed by atoms with E-state index in [0.717, 1.165) is 27.6 Å². The van der Waals surface area contributed by atoms with Gasteiger partial charge in [0, 0.05) is 17.3 Å². The molecule has 2 heteroatoms. The first kappa shape index (κ1) is 22.4. The second-order valence-electron chi connectivity index (χ2n) is 10.8. The zero-order chi connectivity index (χ0) is 26.9. The fourth-order valence-corrected chi connectivity index (χ4v) is 6.80. The molecular formula is C39H24N2. The Hall–Kier alpha value is -5.47. The summed E-state index contributed by atoms with van der Waals surface area (Å²) in [5.41, 5.74) is 14.7. The van der Waals surface area contributed by atoms with Gasteiger partial charge in [0.2, 0.25) is 0 Å². The molecule has 1 aliphatic carbocycles. The largest absolute Gasteiger partial charge is 0.308 e. The molecule has 0 atom stereocenters. The fraction of sp³-hybridized carbons (Fsp3) is 0. The van der Waals surface area contributed by atoms with Crippen molar-refractivity contribution in [3.05, 3.63) is 146 Å². The Balaban J connectivity index is 1.21. The summed E-state index contributed by atoms with van der Waals surface area (Å²) < 4.78 is 2.31. The zero-order valence-corrected chi connectivity index (χ0v) is 22.3. The van der Waals surface area contributed by atoms with Gasteiger partial charge in [-0.2, -0.15) is 0 Å². The van der Waals surface area contributed by atoms with Crippen LogP contribution in [0.4, 0.5) is 0 Å². The van der Waals surface area contributed by atoms with Crippen LogP contribution < -0.4 is 0 Å². The lowest BCUT2D eigenvalue weighted by Gasteiger charge is -2.12. The SMILES string of the molecule is c1ccc(-n2c3ccc(-c4cccc(-c5ccc6c7c(cccc57)-c5ccccc5-6)c4)cc3c3ncccc32)cc1. The predicted molar refractivity (Wildman–Crippen MR) is 171 cm³/mol. The van der Waals surface area contributed by atoms with Crippen LogP contribution in [0.15, 0.2) is 146 Å². The first-order chi connectivity index (χ1) is 20.3. The molecule has 190 valence electrons. The first-order valence-corrected chi connectivity index (χ1v) is 14.1. The normalized spacial score (nSPS) is 11.9. The van der Waals surface area contributed by atoms with Crippen LogP contribution in [0, 0.1) is 0 Å². The minimum atomic E-state index is 1.02. The van der Waals surface area contributed by atoms with E-state index in [0.29, 0.717) is 0 Å². The number of hydrogen-bond donors (Lipinski definition) is 0. The van der Waals surface area contributed by atoms with E-state index in [1.807, 2.05) is 12.3 Å².